The van der Waals surface area contributed by atoms with Gasteiger partial charge in [0.1, 0.15) is 17.2 Å². The van der Waals surface area contributed by atoms with Crippen molar-refractivity contribution in [2.75, 3.05) is 14.2 Å². The van der Waals surface area contributed by atoms with Gasteiger partial charge in [0.15, 0.2) is 6.10 Å². The monoisotopic (exact) mass is 390 g/mol. The van der Waals surface area contributed by atoms with Crippen molar-refractivity contribution in [1.82, 2.24) is 5.43 Å². The van der Waals surface area contributed by atoms with E-state index >= 15 is 0 Å². The van der Waals surface area contributed by atoms with Gasteiger partial charge in [-0.15, -0.1) is 0 Å². The van der Waals surface area contributed by atoms with Gasteiger partial charge in [0, 0.05) is 16.7 Å². The Morgan fingerprint density at radius 3 is 2.37 bits per heavy atom. The predicted molar refractivity (Wildman–Crippen MR) is 106 cm³/mol. The standard InChI is InChI=1S/C20H23ClN2O4/c1-12-8-17(9-13(2)19(12)21)27-14(3)20(24)23-22-11-15-6-7-16(25-4)10-18(15)26-5/h6-11,14H,1-5H3,(H,23,24)/b22-11+. The summed E-state index contributed by atoms with van der Waals surface area (Å²) in [5.41, 5.74) is 4.95. The Morgan fingerprint density at radius 2 is 1.78 bits per heavy atom. The number of halogens is 1. The molecule has 0 radical (unpaired) electrons. The Labute approximate surface area is 164 Å². The van der Waals surface area contributed by atoms with Gasteiger partial charge >= 0.3 is 0 Å². The number of ether oxygens (including phenoxy) is 3. The number of amides is 1. The lowest BCUT2D eigenvalue weighted by atomic mass is 10.1. The molecule has 2 rings (SSSR count). The summed E-state index contributed by atoms with van der Waals surface area (Å²) < 4.78 is 16.1. The molecule has 0 aliphatic carbocycles. The molecule has 0 saturated carbocycles. The zero-order valence-electron chi connectivity index (χ0n) is 16.0. The van der Waals surface area contributed by atoms with Crippen molar-refractivity contribution in [3.63, 3.8) is 0 Å². The van der Waals surface area contributed by atoms with Crippen LogP contribution in [0, 0.1) is 13.8 Å². The first-order valence-electron chi connectivity index (χ1n) is 8.34. The first kappa shape index (κ1) is 20.6. The number of rotatable bonds is 7. The highest BCUT2D eigenvalue weighted by Gasteiger charge is 2.15. The van der Waals surface area contributed by atoms with Crippen molar-refractivity contribution in [3.05, 3.63) is 52.0 Å². The summed E-state index contributed by atoms with van der Waals surface area (Å²) in [6.45, 7) is 5.43. The van der Waals surface area contributed by atoms with Crippen LogP contribution in [0.2, 0.25) is 5.02 Å². The molecule has 0 aliphatic rings. The number of nitrogens with one attached hydrogen (secondary N) is 1. The largest absolute Gasteiger partial charge is 0.497 e. The number of hydrazone groups is 1. The number of hydrogen-bond acceptors (Lipinski definition) is 5. The fourth-order valence-electron chi connectivity index (χ4n) is 2.41. The topological polar surface area (TPSA) is 69.2 Å². The molecule has 1 N–H and O–H groups in total. The second-order valence-electron chi connectivity index (χ2n) is 5.97. The summed E-state index contributed by atoms with van der Waals surface area (Å²) in [6.07, 6.45) is 0.777. The number of aryl methyl sites for hydroxylation is 2. The molecule has 0 spiro atoms. The molecule has 0 fully saturated rings. The smallest absolute Gasteiger partial charge is 0.280 e. The van der Waals surface area contributed by atoms with Gasteiger partial charge in [-0.25, -0.2) is 5.43 Å². The second kappa shape index (κ2) is 9.28. The number of methoxy groups -OCH3 is 2. The van der Waals surface area contributed by atoms with E-state index in [2.05, 4.69) is 10.5 Å². The maximum absolute atomic E-state index is 12.2. The molecule has 0 aromatic heterocycles. The van der Waals surface area contributed by atoms with E-state index in [1.165, 1.54) is 6.21 Å². The van der Waals surface area contributed by atoms with Crippen LogP contribution in [-0.2, 0) is 4.79 Å². The minimum atomic E-state index is -0.722. The summed E-state index contributed by atoms with van der Waals surface area (Å²) in [6, 6.07) is 8.89. The summed E-state index contributed by atoms with van der Waals surface area (Å²) >= 11 is 6.15. The molecule has 7 heteroatoms. The fourth-order valence-corrected chi connectivity index (χ4v) is 2.52. The fraction of sp³-hybridized carbons (Fsp3) is 0.300. The van der Waals surface area contributed by atoms with E-state index in [1.807, 2.05) is 13.8 Å². The van der Waals surface area contributed by atoms with Crippen LogP contribution in [0.4, 0.5) is 0 Å². The number of carbonyl (C=O) groups is 1. The molecule has 1 amide bonds. The SMILES string of the molecule is COc1ccc(/C=N/NC(=O)C(C)Oc2cc(C)c(Cl)c(C)c2)c(OC)c1. The van der Waals surface area contributed by atoms with E-state index in [-0.39, 0.29) is 5.91 Å². The zero-order chi connectivity index (χ0) is 20.0. The Morgan fingerprint density at radius 1 is 1.11 bits per heavy atom. The van der Waals surface area contributed by atoms with Crippen LogP contribution >= 0.6 is 11.6 Å². The van der Waals surface area contributed by atoms with Gasteiger partial charge in [0.2, 0.25) is 0 Å². The Balaban J connectivity index is 2.00. The molecule has 1 atom stereocenters. The second-order valence-corrected chi connectivity index (χ2v) is 6.35. The highest BCUT2D eigenvalue weighted by Crippen LogP contribution is 2.26. The molecule has 27 heavy (non-hydrogen) atoms. The van der Waals surface area contributed by atoms with Gasteiger partial charge in [0.25, 0.3) is 5.91 Å². The first-order chi connectivity index (χ1) is 12.8. The van der Waals surface area contributed by atoms with Crippen LogP contribution in [-0.4, -0.2) is 32.4 Å². The number of nitrogens with zero attached hydrogens (tertiary/aromatic N) is 1. The van der Waals surface area contributed by atoms with Gasteiger partial charge in [-0.05, 0) is 56.2 Å². The minimum absolute atomic E-state index is 0.371. The van der Waals surface area contributed by atoms with Crippen LogP contribution in [0.1, 0.15) is 23.6 Å². The van der Waals surface area contributed by atoms with Gasteiger partial charge in [0.05, 0.1) is 20.4 Å². The normalized spacial score (nSPS) is 11.9. The Kier molecular flexibility index (Phi) is 7.07. The zero-order valence-corrected chi connectivity index (χ0v) is 16.8. The van der Waals surface area contributed by atoms with Crippen LogP contribution < -0.4 is 19.6 Å². The predicted octanol–water partition coefficient (Wildman–Crippen LogP) is 3.89. The molecule has 0 aliphatic heterocycles. The van der Waals surface area contributed by atoms with Crippen molar-refractivity contribution in [2.45, 2.75) is 26.9 Å². The Hall–Kier alpha value is -2.73. The summed E-state index contributed by atoms with van der Waals surface area (Å²) in [5.74, 6) is 1.47. The van der Waals surface area contributed by atoms with E-state index in [9.17, 15) is 4.79 Å². The highest BCUT2D eigenvalue weighted by molar-refractivity contribution is 6.32. The van der Waals surface area contributed by atoms with Crippen LogP contribution in [0.5, 0.6) is 17.2 Å². The molecular weight excluding hydrogens is 368 g/mol. The average molecular weight is 391 g/mol. The molecule has 2 aromatic rings. The lowest BCUT2D eigenvalue weighted by Crippen LogP contribution is -2.33. The third kappa shape index (κ3) is 5.37. The van der Waals surface area contributed by atoms with Crippen molar-refractivity contribution in [2.24, 2.45) is 5.10 Å². The van der Waals surface area contributed by atoms with Gasteiger partial charge in [-0.3, -0.25) is 4.79 Å². The first-order valence-corrected chi connectivity index (χ1v) is 8.71. The van der Waals surface area contributed by atoms with Crippen LogP contribution in [0.3, 0.4) is 0 Å². The summed E-state index contributed by atoms with van der Waals surface area (Å²) in [5, 5.41) is 4.66. The minimum Gasteiger partial charge on any atom is -0.497 e. The molecule has 1 unspecified atom stereocenters. The van der Waals surface area contributed by atoms with E-state index in [0.29, 0.717) is 27.8 Å². The molecular formula is C20H23ClN2O4. The van der Waals surface area contributed by atoms with Gasteiger partial charge in [-0.2, -0.15) is 5.10 Å². The average Bonchev–Trinajstić information content (AvgIpc) is 2.65. The maximum Gasteiger partial charge on any atom is 0.280 e. The van der Waals surface area contributed by atoms with Crippen molar-refractivity contribution >= 4 is 23.7 Å². The molecule has 0 heterocycles. The third-order valence-corrected chi connectivity index (χ3v) is 4.51. The lowest BCUT2D eigenvalue weighted by molar-refractivity contribution is -0.127. The number of carbonyl (C=O) groups excluding carboxylic acids is 1. The van der Waals surface area contributed by atoms with E-state index in [1.54, 1.807) is 51.5 Å². The molecule has 2 aromatic carbocycles. The third-order valence-electron chi connectivity index (χ3n) is 3.91. The highest BCUT2D eigenvalue weighted by atomic mass is 35.5. The summed E-state index contributed by atoms with van der Waals surface area (Å²) in [4.78, 5) is 12.2. The van der Waals surface area contributed by atoms with Gasteiger partial charge in [-0.1, -0.05) is 11.6 Å². The molecule has 144 valence electrons. The van der Waals surface area contributed by atoms with Crippen molar-refractivity contribution in [1.29, 1.82) is 0 Å². The van der Waals surface area contributed by atoms with Crippen LogP contribution in [0.15, 0.2) is 35.4 Å². The molecule has 6 nitrogen and oxygen atoms in total. The van der Waals surface area contributed by atoms with E-state index in [0.717, 1.165) is 11.1 Å². The molecule has 0 saturated heterocycles. The number of benzene rings is 2. The quantitative estimate of drug-likeness (QED) is 0.575. The maximum atomic E-state index is 12.2. The van der Waals surface area contributed by atoms with Crippen molar-refractivity contribution in [3.8, 4) is 17.2 Å². The van der Waals surface area contributed by atoms with Gasteiger partial charge < -0.3 is 14.2 Å². The number of hydrogen-bond donors (Lipinski definition) is 1. The lowest BCUT2D eigenvalue weighted by Gasteiger charge is -2.15. The van der Waals surface area contributed by atoms with E-state index in [4.69, 9.17) is 25.8 Å². The Bertz CT molecular complexity index is 829. The molecule has 0 bridgehead atoms. The van der Waals surface area contributed by atoms with E-state index < -0.39 is 6.10 Å². The van der Waals surface area contributed by atoms with Crippen molar-refractivity contribution < 1.29 is 19.0 Å². The van der Waals surface area contributed by atoms with Crippen LogP contribution in [0.25, 0.3) is 0 Å². The summed E-state index contributed by atoms with van der Waals surface area (Å²) in [7, 11) is 3.13.